The molecular formula is C15H11ClN4O2. The van der Waals surface area contributed by atoms with Crippen molar-refractivity contribution in [3.8, 4) is 11.4 Å². The number of aromatic hydroxyl groups is 1. The standard InChI is InChI=1S/C15H11ClN4O2/c16-10-1-6-14(21)13(7-10)15(22)19-11-2-4-12(5-3-11)20-9-17-8-18-20/h1-9,21H,(H,19,22). The SMILES string of the molecule is O=C(Nc1ccc(-n2cncn2)cc1)c1cc(Cl)ccc1O. The Labute approximate surface area is 131 Å². The number of phenols is 1. The Balaban J connectivity index is 1.78. The molecule has 2 N–H and O–H groups in total. The van der Waals surface area contributed by atoms with Gasteiger partial charge >= 0.3 is 0 Å². The number of anilines is 1. The lowest BCUT2D eigenvalue weighted by Crippen LogP contribution is -2.12. The second-order valence-corrected chi connectivity index (χ2v) is 4.94. The maximum absolute atomic E-state index is 12.1. The monoisotopic (exact) mass is 314 g/mol. The first-order chi connectivity index (χ1) is 10.6. The summed E-state index contributed by atoms with van der Waals surface area (Å²) in [5.74, 6) is -0.561. The van der Waals surface area contributed by atoms with Gasteiger partial charge in [0.15, 0.2) is 0 Å². The molecule has 110 valence electrons. The Morgan fingerprint density at radius 3 is 2.64 bits per heavy atom. The van der Waals surface area contributed by atoms with E-state index in [0.717, 1.165) is 5.69 Å². The molecule has 0 bridgehead atoms. The molecule has 0 aliphatic carbocycles. The second-order valence-electron chi connectivity index (χ2n) is 4.50. The minimum atomic E-state index is -0.437. The van der Waals surface area contributed by atoms with Crippen LogP contribution in [-0.2, 0) is 0 Å². The van der Waals surface area contributed by atoms with Crippen LogP contribution in [0.2, 0.25) is 5.02 Å². The number of rotatable bonds is 3. The molecule has 6 nitrogen and oxygen atoms in total. The smallest absolute Gasteiger partial charge is 0.259 e. The third-order valence-corrected chi connectivity index (χ3v) is 3.25. The number of phenolic OH excluding ortho intramolecular Hbond substituents is 1. The molecule has 0 aliphatic heterocycles. The predicted octanol–water partition coefficient (Wildman–Crippen LogP) is 2.88. The zero-order valence-electron chi connectivity index (χ0n) is 11.3. The van der Waals surface area contributed by atoms with Gasteiger partial charge in [0.25, 0.3) is 5.91 Å². The van der Waals surface area contributed by atoms with Crippen LogP contribution in [0.15, 0.2) is 55.1 Å². The minimum absolute atomic E-state index is 0.118. The zero-order chi connectivity index (χ0) is 15.5. The fourth-order valence-electron chi connectivity index (χ4n) is 1.93. The van der Waals surface area contributed by atoms with E-state index in [0.29, 0.717) is 10.7 Å². The number of nitrogens with zero attached hydrogens (tertiary/aromatic N) is 3. The third kappa shape index (κ3) is 2.91. The number of nitrogens with one attached hydrogen (secondary N) is 1. The summed E-state index contributed by atoms with van der Waals surface area (Å²) >= 11 is 5.83. The van der Waals surface area contributed by atoms with Crippen molar-refractivity contribution in [2.75, 3.05) is 5.32 Å². The Kier molecular flexibility index (Phi) is 3.76. The minimum Gasteiger partial charge on any atom is -0.507 e. The Morgan fingerprint density at radius 2 is 1.95 bits per heavy atom. The molecule has 1 aromatic heterocycles. The van der Waals surface area contributed by atoms with Crippen molar-refractivity contribution >= 4 is 23.2 Å². The van der Waals surface area contributed by atoms with Crippen LogP contribution >= 0.6 is 11.6 Å². The van der Waals surface area contributed by atoms with Crippen LogP contribution in [0, 0.1) is 0 Å². The third-order valence-electron chi connectivity index (χ3n) is 3.01. The molecule has 1 amide bonds. The van der Waals surface area contributed by atoms with Gasteiger partial charge in [-0.05, 0) is 42.5 Å². The average molecular weight is 315 g/mol. The predicted molar refractivity (Wildman–Crippen MR) is 82.4 cm³/mol. The molecule has 2 aromatic carbocycles. The van der Waals surface area contributed by atoms with Crippen molar-refractivity contribution in [3.05, 3.63) is 65.7 Å². The molecule has 0 aliphatic rings. The molecule has 0 atom stereocenters. The van der Waals surface area contributed by atoms with Gasteiger partial charge < -0.3 is 10.4 Å². The van der Waals surface area contributed by atoms with Gasteiger partial charge in [0.2, 0.25) is 0 Å². The molecule has 0 saturated heterocycles. The van der Waals surface area contributed by atoms with Gasteiger partial charge in [-0.3, -0.25) is 4.79 Å². The van der Waals surface area contributed by atoms with E-state index in [1.165, 1.54) is 24.5 Å². The van der Waals surface area contributed by atoms with Gasteiger partial charge in [-0.1, -0.05) is 11.6 Å². The molecule has 0 fully saturated rings. The van der Waals surface area contributed by atoms with E-state index in [1.807, 2.05) is 0 Å². The van der Waals surface area contributed by atoms with Crippen LogP contribution in [0.4, 0.5) is 5.69 Å². The first kappa shape index (κ1) is 14.1. The molecule has 3 aromatic rings. The van der Waals surface area contributed by atoms with Crippen molar-refractivity contribution in [1.82, 2.24) is 14.8 Å². The van der Waals surface area contributed by atoms with Gasteiger partial charge in [-0.25, -0.2) is 9.67 Å². The van der Waals surface area contributed by atoms with Crippen LogP contribution in [0.1, 0.15) is 10.4 Å². The fraction of sp³-hybridized carbons (Fsp3) is 0. The summed E-state index contributed by atoms with van der Waals surface area (Å²) in [6, 6.07) is 11.4. The van der Waals surface area contributed by atoms with Crippen molar-refractivity contribution < 1.29 is 9.90 Å². The highest BCUT2D eigenvalue weighted by Crippen LogP contribution is 2.23. The summed E-state index contributed by atoms with van der Waals surface area (Å²) in [4.78, 5) is 16.0. The Bertz CT molecular complexity index is 801. The summed E-state index contributed by atoms with van der Waals surface area (Å²) in [6.07, 6.45) is 3.02. The van der Waals surface area contributed by atoms with Crippen LogP contribution in [0.25, 0.3) is 5.69 Å². The molecule has 7 heteroatoms. The number of hydrogen-bond acceptors (Lipinski definition) is 4. The number of amides is 1. The number of carbonyl (C=O) groups excluding carboxylic acids is 1. The van der Waals surface area contributed by atoms with E-state index in [-0.39, 0.29) is 11.3 Å². The molecule has 0 spiro atoms. The number of halogens is 1. The lowest BCUT2D eigenvalue weighted by atomic mass is 10.2. The van der Waals surface area contributed by atoms with Crippen molar-refractivity contribution in [2.24, 2.45) is 0 Å². The summed E-state index contributed by atoms with van der Waals surface area (Å²) in [6.45, 7) is 0. The highest BCUT2D eigenvalue weighted by molar-refractivity contribution is 6.31. The average Bonchev–Trinajstić information content (AvgIpc) is 3.05. The van der Waals surface area contributed by atoms with Gasteiger partial charge in [-0.15, -0.1) is 0 Å². The largest absolute Gasteiger partial charge is 0.507 e. The van der Waals surface area contributed by atoms with E-state index in [2.05, 4.69) is 15.4 Å². The molecule has 22 heavy (non-hydrogen) atoms. The zero-order valence-corrected chi connectivity index (χ0v) is 12.0. The van der Waals surface area contributed by atoms with Crippen LogP contribution in [0.5, 0.6) is 5.75 Å². The van der Waals surface area contributed by atoms with Gasteiger partial charge in [0, 0.05) is 10.7 Å². The first-order valence-electron chi connectivity index (χ1n) is 6.38. The lowest BCUT2D eigenvalue weighted by molar-refractivity contribution is 0.102. The maximum Gasteiger partial charge on any atom is 0.259 e. The van der Waals surface area contributed by atoms with Gasteiger partial charge in [-0.2, -0.15) is 5.10 Å². The topological polar surface area (TPSA) is 80.0 Å². The quantitative estimate of drug-likeness (QED) is 0.779. The molecule has 1 heterocycles. The molecule has 3 rings (SSSR count). The molecule has 0 radical (unpaired) electrons. The fourth-order valence-corrected chi connectivity index (χ4v) is 2.10. The van der Waals surface area contributed by atoms with Crippen LogP contribution < -0.4 is 5.32 Å². The Morgan fingerprint density at radius 1 is 1.18 bits per heavy atom. The van der Waals surface area contributed by atoms with E-state index >= 15 is 0 Å². The summed E-state index contributed by atoms with van der Waals surface area (Å²) in [5.41, 5.74) is 1.53. The Hall–Kier alpha value is -2.86. The van der Waals surface area contributed by atoms with E-state index in [1.54, 1.807) is 35.3 Å². The summed E-state index contributed by atoms with van der Waals surface area (Å²) in [5, 5.41) is 16.8. The van der Waals surface area contributed by atoms with Crippen LogP contribution in [-0.4, -0.2) is 25.8 Å². The normalized spacial score (nSPS) is 10.4. The van der Waals surface area contributed by atoms with Gasteiger partial charge in [0.05, 0.1) is 11.3 Å². The van der Waals surface area contributed by atoms with E-state index < -0.39 is 5.91 Å². The molecular weight excluding hydrogens is 304 g/mol. The molecule has 0 saturated carbocycles. The van der Waals surface area contributed by atoms with Gasteiger partial charge in [0.1, 0.15) is 18.4 Å². The van der Waals surface area contributed by atoms with Crippen LogP contribution in [0.3, 0.4) is 0 Å². The highest BCUT2D eigenvalue weighted by atomic mass is 35.5. The van der Waals surface area contributed by atoms with E-state index in [4.69, 9.17) is 11.6 Å². The lowest BCUT2D eigenvalue weighted by Gasteiger charge is -2.08. The summed E-state index contributed by atoms with van der Waals surface area (Å²) < 4.78 is 1.61. The van der Waals surface area contributed by atoms with Crippen molar-refractivity contribution in [2.45, 2.75) is 0 Å². The first-order valence-corrected chi connectivity index (χ1v) is 6.76. The van der Waals surface area contributed by atoms with Crippen molar-refractivity contribution in [3.63, 3.8) is 0 Å². The summed E-state index contributed by atoms with van der Waals surface area (Å²) in [7, 11) is 0. The maximum atomic E-state index is 12.1. The van der Waals surface area contributed by atoms with E-state index in [9.17, 15) is 9.90 Å². The highest BCUT2D eigenvalue weighted by Gasteiger charge is 2.12. The molecule has 0 unspecified atom stereocenters. The number of aromatic nitrogens is 3. The second kappa shape index (κ2) is 5.87. The number of benzene rings is 2. The number of hydrogen-bond donors (Lipinski definition) is 2. The van der Waals surface area contributed by atoms with Crippen molar-refractivity contribution in [1.29, 1.82) is 0 Å². The number of carbonyl (C=O) groups is 1.